The van der Waals surface area contributed by atoms with Crippen molar-refractivity contribution in [3.05, 3.63) is 59.7 Å². The van der Waals surface area contributed by atoms with Gasteiger partial charge < -0.3 is 10.9 Å². The van der Waals surface area contributed by atoms with Crippen LogP contribution in [0.15, 0.2) is 52.8 Å². The molecule has 0 aliphatic carbocycles. The van der Waals surface area contributed by atoms with Crippen LogP contribution in [0.4, 0.5) is 4.39 Å². The average Bonchev–Trinajstić information content (AvgIpc) is 2.45. The fraction of sp³-hybridized carbons (Fsp3) is 0.0769. The van der Waals surface area contributed by atoms with Gasteiger partial charge in [-0.05, 0) is 35.9 Å². The lowest BCUT2D eigenvalue weighted by molar-refractivity contribution is 0.318. The van der Waals surface area contributed by atoms with E-state index in [1.807, 2.05) is 12.1 Å². The molecule has 0 unspecified atom stereocenters. The minimum absolute atomic E-state index is 0.102. The maximum absolute atomic E-state index is 13.4. The minimum atomic E-state index is -0.408. The van der Waals surface area contributed by atoms with Gasteiger partial charge in [0.05, 0.1) is 0 Å². The van der Waals surface area contributed by atoms with E-state index in [2.05, 4.69) is 10.1 Å². The number of amidine groups is 1. The number of benzene rings is 1. The third-order valence-electron chi connectivity index (χ3n) is 2.42. The Morgan fingerprint density at radius 2 is 2.05 bits per heavy atom. The van der Waals surface area contributed by atoms with Gasteiger partial charge in [-0.25, -0.2) is 4.39 Å². The predicted molar refractivity (Wildman–Crippen MR) is 72.7 cm³/mol. The minimum Gasteiger partial charge on any atom is -0.409 e. The van der Waals surface area contributed by atoms with E-state index in [1.54, 1.807) is 30.2 Å². The number of halogens is 1. The predicted octanol–water partition coefficient (Wildman–Crippen LogP) is 2.61. The largest absolute Gasteiger partial charge is 0.409 e. The molecule has 98 valence electrons. The lowest BCUT2D eigenvalue weighted by Crippen LogP contribution is -2.13. The van der Waals surface area contributed by atoms with Gasteiger partial charge in [-0.3, -0.25) is 4.98 Å². The van der Waals surface area contributed by atoms with Crippen molar-refractivity contribution in [1.29, 1.82) is 0 Å². The Morgan fingerprint density at radius 1 is 1.32 bits per heavy atom. The van der Waals surface area contributed by atoms with Crippen molar-refractivity contribution in [3.8, 4) is 0 Å². The third kappa shape index (κ3) is 3.69. The van der Waals surface area contributed by atoms with Crippen molar-refractivity contribution in [3.63, 3.8) is 0 Å². The molecule has 3 N–H and O–H groups in total. The third-order valence-corrected chi connectivity index (χ3v) is 3.50. The van der Waals surface area contributed by atoms with Gasteiger partial charge in [0.1, 0.15) is 5.82 Å². The highest BCUT2D eigenvalue weighted by molar-refractivity contribution is 7.98. The number of nitrogens with zero attached hydrogens (tertiary/aromatic N) is 2. The molecule has 0 atom stereocenters. The molecule has 2 aromatic rings. The molecule has 0 bridgehead atoms. The van der Waals surface area contributed by atoms with Crippen molar-refractivity contribution >= 4 is 17.6 Å². The van der Waals surface area contributed by atoms with Crippen LogP contribution in [0.1, 0.15) is 11.1 Å². The molecule has 0 aliphatic heterocycles. The zero-order valence-electron chi connectivity index (χ0n) is 9.95. The fourth-order valence-corrected chi connectivity index (χ4v) is 2.35. The van der Waals surface area contributed by atoms with E-state index in [0.29, 0.717) is 11.3 Å². The summed E-state index contributed by atoms with van der Waals surface area (Å²) in [5.41, 5.74) is 6.59. The van der Waals surface area contributed by atoms with Crippen LogP contribution in [-0.4, -0.2) is 16.0 Å². The van der Waals surface area contributed by atoms with E-state index in [0.717, 1.165) is 10.5 Å². The molecule has 1 heterocycles. The smallest absolute Gasteiger partial charge is 0.170 e. The molecule has 0 aliphatic rings. The second kappa shape index (κ2) is 6.19. The van der Waals surface area contributed by atoms with Gasteiger partial charge in [-0.1, -0.05) is 5.16 Å². The van der Waals surface area contributed by atoms with E-state index in [-0.39, 0.29) is 5.84 Å². The van der Waals surface area contributed by atoms with Gasteiger partial charge in [-0.15, -0.1) is 11.8 Å². The van der Waals surface area contributed by atoms with Gasteiger partial charge in [0, 0.05) is 28.6 Å². The average molecular weight is 277 g/mol. The maximum Gasteiger partial charge on any atom is 0.170 e. The number of oxime groups is 1. The molecule has 0 saturated carbocycles. The summed E-state index contributed by atoms with van der Waals surface area (Å²) in [6.07, 6.45) is 3.41. The van der Waals surface area contributed by atoms with Crippen molar-refractivity contribution in [2.45, 2.75) is 10.6 Å². The normalized spacial score (nSPS) is 11.5. The van der Waals surface area contributed by atoms with Gasteiger partial charge in [-0.2, -0.15) is 0 Å². The Labute approximate surface area is 114 Å². The Hall–Kier alpha value is -2.08. The molecule has 0 spiro atoms. The number of aromatic nitrogens is 1. The first-order chi connectivity index (χ1) is 9.19. The standard InChI is InChI=1S/C13H12FN3OS/c14-11-6-9(5-10(7-11)13(15)17-18)8-19-12-1-3-16-4-2-12/h1-7,18H,8H2,(H2,15,17). The molecule has 2 rings (SSSR count). The van der Waals surface area contributed by atoms with Gasteiger partial charge in [0.2, 0.25) is 0 Å². The summed E-state index contributed by atoms with van der Waals surface area (Å²) in [6, 6.07) is 8.13. The number of pyridine rings is 1. The van der Waals surface area contributed by atoms with E-state index >= 15 is 0 Å². The number of rotatable bonds is 4. The van der Waals surface area contributed by atoms with Crippen LogP contribution in [0.2, 0.25) is 0 Å². The lowest BCUT2D eigenvalue weighted by atomic mass is 10.1. The summed E-state index contributed by atoms with van der Waals surface area (Å²) in [5, 5.41) is 11.5. The molecule has 19 heavy (non-hydrogen) atoms. The van der Waals surface area contributed by atoms with E-state index in [9.17, 15) is 4.39 Å². The summed E-state index contributed by atoms with van der Waals surface area (Å²) in [5.74, 6) is 0.0807. The first-order valence-electron chi connectivity index (χ1n) is 5.49. The fourth-order valence-electron chi connectivity index (χ4n) is 1.54. The molecule has 0 amide bonds. The van der Waals surface area contributed by atoms with Gasteiger partial charge in [0.25, 0.3) is 0 Å². The highest BCUT2D eigenvalue weighted by Gasteiger charge is 2.05. The topological polar surface area (TPSA) is 71.5 Å². The summed E-state index contributed by atoms with van der Waals surface area (Å²) in [4.78, 5) is 4.98. The first-order valence-corrected chi connectivity index (χ1v) is 6.48. The van der Waals surface area contributed by atoms with Crippen LogP contribution >= 0.6 is 11.8 Å². The van der Waals surface area contributed by atoms with Crippen LogP contribution in [0, 0.1) is 5.82 Å². The lowest BCUT2D eigenvalue weighted by Gasteiger charge is -2.05. The second-order valence-corrected chi connectivity index (χ2v) is 4.85. The first kappa shape index (κ1) is 13.4. The Kier molecular flexibility index (Phi) is 4.35. The molecule has 4 nitrogen and oxygen atoms in total. The van der Waals surface area contributed by atoms with Crippen LogP contribution in [0.25, 0.3) is 0 Å². The van der Waals surface area contributed by atoms with Crippen LogP contribution in [0.3, 0.4) is 0 Å². The number of hydrogen-bond acceptors (Lipinski definition) is 4. The zero-order valence-corrected chi connectivity index (χ0v) is 10.8. The molecular weight excluding hydrogens is 265 g/mol. The molecular formula is C13H12FN3OS. The van der Waals surface area contributed by atoms with E-state index < -0.39 is 5.82 Å². The second-order valence-electron chi connectivity index (χ2n) is 3.80. The highest BCUT2D eigenvalue weighted by atomic mass is 32.2. The number of hydrogen-bond donors (Lipinski definition) is 2. The van der Waals surface area contributed by atoms with Gasteiger partial charge in [0.15, 0.2) is 5.84 Å². The molecule has 0 fully saturated rings. The number of nitrogens with two attached hydrogens (primary N) is 1. The Bertz CT molecular complexity index is 590. The molecule has 6 heteroatoms. The SMILES string of the molecule is N/C(=N/O)c1cc(F)cc(CSc2ccncc2)c1. The monoisotopic (exact) mass is 277 g/mol. The summed E-state index contributed by atoms with van der Waals surface area (Å²) >= 11 is 1.56. The van der Waals surface area contributed by atoms with E-state index in [1.165, 1.54) is 12.1 Å². The molecule has 0 radical (unpaired) electrons. The van der Waals surface area contributed by atoms with Crippen LogP contribution < -0.4 is 5.73 Å². The van der Waals surface area contributed by atoms with Crippen molar-refractivity contribution < 1.29 is 9.60 Å². The quantitative estimate of drug-likeness (QED) is 0.296. The summed E-state index contributed by atoms with van der Waals surface area (Å²) < 4.78 is 13.4. The highest BCUT2D eigenvalue weighted by Crippen LogP contribution is 2.23. The molecule has 0 saturated heterocycles. The molecule has 1 aromatic heterocycles. The van der Waals surface area contributed by atoms with E-state index in [4.69, 9.17) is 10.9 Å². The zero-order chi connectivity index (χ0) is 13.7. The van der Waals surface area contributed by atoms with Crippen LogP contribution in [0.5, 0.6) is 0 Å². The summed E-state index contributed by atoms with van der Waals surface area (Å²) in [7, 11) is 0. The number of thioether (sulfide) groups is 1. The van der Waals surface area contributed by atoms with Crippen LogP contribution in [-0.2, 0) is 5.75 Å². The Balaban J connectivity index is 2.14. The Morgan fingerprint density at radius 3 is 2.74 bits per heavy atom. The molecule has 1 aromatic carbocycles. The van der Waals surface area contributed by atoms with Crippen molar-refractivity contribution in [2.24, 2.45) is 10.9 Å². The van der Waals surface area contributed by atoms with Crippen molar-refractivity contribution in [2.75, 3.05) is 0 Å². The van der Waals surface area contributed by atoms with Crippen molar-refractivity contribution in [1.82, 2.24) is 4.98 Å². The maximum atomic E-state index is 13.4. The van der Waals surface area contributed by atoms with Gasteiger partial charge >= 0.3 is 0 Å². The summed E-state index contributed by atoms with van der Waals surface area (Å²) in [6.45, 7) is 0.